The lowest BCUT2D eigenvalue weighted by Crippen LogP contribution is -2.69. The summed E-state index contributed by atoms with van der Waals surface area (Å²) in [5.74, 6) is -0.666. The molecule has 40 heavy (non-hydrogen) atoms. The van der Waals surface area contributed by atoms with Gasteiger partial charge in [-0.15, -0.1) is 11.8 Å². The van der Waals surface area contributed by atoms with Crippen molar-refractivity contribution in [2.45, 2.75) is 15.2 Å². The summed E-state index contributed by atoms with van der Waals surface area (Å²) < 4.78 is 3.62. The van der Waals surface area contributed by atoms with Gasteiger partial charge in [-0.2, -0.15) is 0 Å². The number of halogens is 3. The largest absolute Gasteiger partial charge is 0.456 e. The molecular weight excluding hydrogens is 610 g/mol. The fraction of sp³-hybridized carbons (Fsp3) is 0.207. The first-order valence-corrected chi connectivity index (χ1v) is 16.6. The quantitative estimate of drug-likeness (QED) is 0.126. The van der Waals surface area contributed by atoms with Crippen molar-refractivity contribution in [1.29, 1.82) is 0 Å². The highest BCUT2D eigenvalue weighted by molar-refractivity contribution is 8.00. The summed E-state index contributed by atoms with van der Waals surface area (Å²) in [5.41, 5.74) is 0.914. The van der Waals surface area contributed by atoms with Crippen molar-refractivity contribution < 1.29 is 19.1 Å². The number of fused-ring (bicyclic) bond motifs is 1. The van der Waals surface area contributed by atoms with Crippen molar-refractivity contribution in [3.8, 4) is 0 Å². The predicted molar refractivity (Wildman–Crippen MR) is 164 cm³/mol. The zero-order valence-electron chi connectivity index (χ0n) is 21.1. The summed E-state index contributed by atoms with van der Waals surface area (Å²) in [5, 5.41) is 5.53. The van der Waals surface area contributed by atoms with Crippen LogP contribution < -0.4 is 21.2 Å². The monoisotopic (exact) mass is 633 g/mol. The van der Waals surface area contributed by atoms with E-state index >= 15 is 0 Å². The standard InChI is InChI=1S/C29H24Cl3N2O4PS/c30-29(31,32)18-38-28(37)25-20(17-40-27-24(33-19-35)26(36)34(25)27)16-39(21-10-4-1-5-11-21,22-12-6-2-7-13-22)23-14-8-3-9-15-23/h1-15,19,24,27H,16-18H2/p+1/t24-,27-/m1/s1. The number of alkyl halides is 3. The van der Waals surface area contributed by atoms with Crippen molar-refractivity contribution in [3.63, 3.8) is 0 Å². The summed E-state index contributed by atoms with van der Waals surface area (Å²) >= 11 is 19.1. The van der Waals surface area contributed by atoms with E-state index in [2.05, 4.69) is 41.7 Å². The number of hydrogen-bond acceptors (Lipinski definition) is 5. The molecule has 11 heteroatoms. The molecule has 0 bridgehead atoms. The molecule has 0 unspecified atom stereocenters. The van der Waals surface area contributed by atoms with Crippen LogP contribution in [0.15, 0.2) is 102 Å². The second-order valence-electron chi connectivity index (χ2n) is 9.29. The molecule has 0 spiro atoms. The number of benzene rings is 3. The van der Waals surface area contributed by atoms with Gasteiger partial charge < -0.3 is 10.1 Å². The molecular formula is C29H25Cl3N2O4PS+. The number of amides is 2. The molecule has 2 amide bonds. The summed E-state index contributed by atoms with van der Waals surface area (Å²) in [7, 11) is -2.39. The highest BCUT2D eigenvalue weighted by Gasteiger charge is 2.56. The normalized spacial score (nSPS) is 19.0. The van der Waals surface area contributed by atoms with E-state index in [0.717, 1.165) is 21.5 Å². The Morgan fingerprint density at radius 3 is 1.90 bits per heavy atom. The highest BCUT2D eigenvalue weighted by atomic mass is 35.6. The van der Waals surface area contributed by atoms with Crippen molar-refractivity contribution in [2.75, 3.05) is 18.5 Å². The molecule has 5 rings (SSSR count). The highest BCUT2D eigenvalue weighted by Crippen LogP contribution is 2.58. The third-order valence-corrected chi connectivity index (χ3v) is 12.9. The van der Waals surface area contributed by atoms with E-state index < -0.39 is 35.0 Å². The maximum Gasteiger partial charge on any atom is 0.355 e. The van der Waals surface area contributed by atoms with Crippen LogP contribution in [0, 0.1) is 0 Å². The fourth-order valence-corrected chi connectivity index (χ4v) is 11.1. The first-order chi connectivity index (χ1) is 19.3. The van der Waals surface area contributed by atoms with Crippen LogP contribution in [0.4, 0.5) is 0 Å². The molecule has 3 aromatic carbocycles. The number of thioether (sulfide) groups is 1. The van der Waals surface area contributed by atoms with Gasteiger partial charge in [0.1, 0.15) is 46.9 Å². The minimum Gasteiger partial charge on any atom is -0.456 e. The predicted octanol–water partition coefficient (Wildman–Crippen LogP) is 4.18. The molecule has 1 fully saturated rings. The van der Waals surface area contributed by atoms with E-state index in [0.29, 0.717) is 18.3 Å². The zero-order chi connectivity index (χ0) is 28.3. The third-order valence-electron chi connectivity index (χ3n) is 6.87. The molecule has 3 aromatic rings. The number of esters is 1. The van der Waals surface area contributed by atoms with Gasteiger partial charge in [0, 0.05) is 11.3 Å². The van der Waals surface area contributed by atoms with Crippen LogP contribution in [0.1, 0.15) is 0 Å². The lowest BCUT2D eigenvalue weighted by molar-refractivity contribution is -0.152. The Morgan fingerprint density at radius 2 is 1.45 bits per heavy atom. The topological polar surface area (TPSA) is 75.7 Å². The Hall–Kier alpha value is -2.54. The number of β-lactam (4-membered cyclic amide) rings is 1. The molecule has 2 aliphatic rings. The van der Waals surface area contributed by atoms with Crippen molar-refractivity contribution in [1.82, 2.24) is 10.2 Å². The van der Waals surface area contributed by atoms with Crippen LogP contribution in [0.5, 0.6) is 0 Å². The summed E-state index contributed by atoms with van der Waals surface area (Å²) in [6.45, 7) is -0.473. The van der Waals surface area contributed by atoms with E-state index in [4.69, 9.17) is 39.5 Å². The second-order valence-corrected chi connectivity index (χ2v) is 16.4. The van der Waals surface area contributed by atoms with E-state index in [1.165, 1.54) is 16.7 Å². The minimum absolute atomic E-state index is 0.152. The lowest BCUT2D eigenvalue weighted by atomic mass is 10.0. The third kappa shape index (κ3) is 5.63. The molecule has 0 aromatic heterocycles. The van der Waals surface area contributed by atoms with Gasteiger partial charge in [-0.05, 0) is 36.4 Å². The van der Waals surface area contributed by atoms with Gasteiger partial charge >= 0.3 is 5.97 Å². The molecule has 2 aliphatic heterocycles. The SMILES string of the molecule is O=CN[C@@H]1C(=O)N2C(C(=O)OCC(Cl)(Cl)Cl)=C(C[P+](c3ccccc3)(c3ccccc3)c3ccccc3)CS[C@H]12. The van der Waals surface area contributed by atoms with Crippen molar-refractivity contribution in [2.24, 2.45) is 0 Å². The molecule has 1 N–H and O–H groups in total. The average Bonchev–Trinajstić information content (AvgIpc) is 2.98. The average molecular weight is 635 g/mol. The summed E-state index contributed by atoms with van der Waals surface area (Å²) in [4.78, 5) is 39.4. The number of nitrogens with one attached hydrogen (secondary N) is 1. The fourth-order valence-electron chi connectivity index (χ4n) is 5.16. The Bertz CT molecular complexity index is 1320. The smallest absolute Gasteiger partial charge is 0.355 e. The molecule has 0 radical (unpaired) electrons. The Morgan fingerprint density at radius 1 is 0.950 bits per heavy atom. The van der Waals surface area contributed by atoms with E-state index in [1.54, 1.807) is 0 Å². The van der Waals surface area contributed by atoms with E-state index in [9.17, 15) is 14.4 Å². The number of rotatable bonds is 9. The molecule has 0 aliphatic carbocycles. The minimum atomic E-state index is -2.39. The van der Waals surface area contributed by atoms with E-state index in [1.807, 2.05) is 54.6 Å². The molecule has 0 saturated carbocycles. The first-order valence-electron chi connectivity index (χ1n) is 12.4. The van der Waals surface area contributed by atoms with Gasteiger partial charge in [0.05, 0.1) is 6.16 Å². The van der Waals surface area contributed by atoms with Crippen LogP contribution in [0.25, 0.3) is 0 Å². The summed E-state index contributed by atoms with van der Waals surface area (Å²) in [6.07, 6.45) is 0.982. The Labute approximate surface area is 252 Å². The van der Waals surface area contributed by atoms with Crippen LogP contribution in [-0.2, 0) is 19.1 Å². The van der Waals surface area contributed by atoms with Gasteiger partial charge in [-0.1, -0.05) is 89.4 Å². The Kier molecular flexibility index (Phi) is 8.79. The van der Waals surface area contributed by atoms with Gasteiger partial charge in [0.2, 0.25) is 10.2 Å². The summed E-state index contributed by atoms with van der Waals surface area (Å²) in [6, 6.07) is 30.0. The van der Waals surface area contributed by atoms with Gasteiger partial charge in [0.15, 0.2) is 0 Å². The number of carbonyl (C=O) groups is 3. The number of ether oxygens (including phenoxy) is 1. The second kappa shape index (κ2) is 12.1. The van der Waals surface area contributed by atoms with Gasteiger partial charge in [0.25, 0.3) is 5.91 Å². The first kappa shape index (κ1) is 29.0. The van der Waals surface area contributed by atoms with Gasteiger partial charge in [-0.25, -0.2) is 4.79 Å². The van der Waals surface area contributed by atoms with Crippen molar-refractivity contribution in [3.05, 3.63) is 102 Å². The van der Waals surface area contributed by atoms with Gasteiger partial charge in [-0.3, -0.25) is 14.5 Å². The van der Waals surface area contributed by atoms with Crippen LogP contribution in [0.3, 0.4) is 0 Å². The van der Waals surface area contributed by atoms with Crippen LogP contribution >= 0.6 is 53.8 Å². The maximum absolute atomic E-state index is 13.6. The van der Waals surface area contributed by atoms with Crippen LogP contribution in [0.2, 0.25) is 0 Å². The molecule has 2 atom stereocenters. The maximum atomic E-state index is 13.6. The van der Waals surface area contributed by atoms with Crippen LogP contribution in [-0.4, -0.2) is 56.9 Å². The molecule has 2 heterocycles. The molecule has 6 nitrogen and oxygen atoms in total. The molecule has 206 valence electrons. The number of nitrogens with zero attached hydrogens (tertiary/aromatic N) is 1. The zero-order valence-corrected chi connectivity index (χ0v) is 25.1. The number of carbonyl (C=O) groups excluding carboxylic acids is 3. The Balaban J connectivity index is 1.69. The molecule has 1 saturated heterocycles. The van der Waals surface area contributed by atoms with E-state index in [-0.39, 0.29) is 11.6 Å². The van der Waals surface area contributed by atoms with Crippen molar-refractivity contribution >= 4 is 88.0 Å². The number of hydrogen-bond donors (Lipinski definition) is 1. The lowest BCUT2D eigenvalue weighted by Gasteiger charge is -2.49.